The molecule has 0 radical (unpaired) electrons. The summed E-state index contributed by atoms with van der Waals surface area (Å²) in [6.45, 7) is 6.17. The van der Waals surface area contributed by atoms with Gasteiger partial charge >= 0.3 is 0 Å². The van der Waals surface area contributed by atoms with Gasteiger partial charge in [0.05, 0.1) is 6.54 Å². The Hall–Kier alpha value is 0.110. The quantitative estimate of drug-likeness (QED) is 0.390. The summed E-state index contributed by atoms with van der Waals surface area (Å²) in [7, 11) is 5.94. The third-order valence-corrected chi connectivity index (χ3v) is 4.96. The molecule has 21 heavy (non-hydrogen) atoms. The van der Waals surface area contributed by atoms with Crippen molar-refractivity contribution in [2.24, 2.45) is 12.0 Å². The maximum Gasteiger partial charge on any atom is 0.193 e. The van der Waals surface area contributed by atoms with Crippen LogP contribution in [0, 0.1) is 0 Å². The SMILES string of the molecule is CN=C(NCC(C)(C)SC)N(C)Cc1cc(Br)cn1C.I. The molecular formula is C14H26BrIN4S. The van der Waals surface area contributed by atoms with Crippen molar-refractivity contribution in [3.63, 3.8) is 0 Å². The van der Waals surface area contributed by atoms with Crippen LogP contribution in [0.2, 0.25) is 0 Å². The Bertz CT molecular complexity index is 474. The Morgan fingerprint density at radius 2 is 2.14 bits per heavy atom. The van der Waals surface area contributed by atoms with E-state index in [1.165, 1.54) is 5.69 Å². The van der Waals surface area contributed by atoms with E-state index >= 15 is 0 Å². The summed E-state index contributed by atoms with van der Waals surface area (Å²) in [5, 5.41) is 3.44. The van der Waals surface area contributed by atoms with Gasteiger partial charge in [0.2, 0.25) is 0 Å². The molecule has 1 aromatic heterocycles. The van der Waals surface area contributed by atoms with Crippen molar-refractivity contribution in [3.8, 4) is 0 Å². The molecule has 122 valence electrons. The zero-order chi connectivity index (χ0) is 15.3. The number of aromatic nitrogens is 1. The van der Waals surface area contributed by atoms with Crippen molar-refractivity contribution in [2.45, 2.75) is 25.1 Å². The van der Waals surface area contributed by atoms with Gasteiger partial charge < -0.3 is 14.8 Å². The molecule has 0 saturated carbocycles. The highest BCUT2D eigenvalue weighted by atomic mass is 127. The molecule has 0 aliphatic carbocycles. The molecule has 0 bridgehead atoms. The molecule has 1 N–H and O–H groups in total. The molecule has 1 aromatic rings. The number of guanidine groups is 1. The van der Waals surface area contributed by atoms with Crippen LogP contribution in [-0.4, -0.2) is 47.1 Å². The number of nitrogens with zero attached hydrogens (tertiary/aromatic N) is 3. The summed E-state index contributed by atoms with van der Waals surface area (Å²) in [6, 6.07) is 2.13. The number of nitrogens with one attached hydrogen (secondary N) is 1. The van der Waals surface area contributed by atoms with Gasteiger partial charge in [-0.05, 0) is 42.1 Å². The summed E-state index contributed by atoms with van der Waals surface area (Å²) in [5.41, 5.74) is 1.24. The molecule has 7 heteroatoms. The number of thioether (sulfide) groups is 1. The maximum atomic E-state index is 4.36. The molecule has 0 spiro atoms. The van der Waals surface area contributed by atoms with Crippen molar-refractivity contribution >= 4 is 57.6 Å². The number of aryl methyl sites for hydroxylation is 1. The largest absolute Gasteiger partial charge is 0.355 e. The van der Waals surface area contributed by atoms with E-state index in [-0.39, 0.29) is 28.7 Å². The number of hydrogen-bond acceptors (Lipinski definition) is 2. The Kier molecular flexibility index (Phi) is 9.34. The lowest BCUT2D eigenvalue weighted by molar-refractivity contribution is 0.458. The minimum Gasteiger partial charge on any atom is -0.355 e. The van der Waals surface area contributed by atoms with Gasteiger partial charge in [-0.1, -0.05) is 0 Å². The van der Waals surface area contributed by atoms with Gasteiger partial charge in [0, 0.05) is 48.8 Å². The van der Waals surface area contributed by atoms with Crippen LogP contribution >= 0.6 is 51.7 Å². The van der Waals surface area contributed by atoms with Crippen LogP contribution < -0.4 is 5.32 Å². The average molecular weight is 489 g/mol. The van der Waals surface area contributed by atoms with Gasteiger partial charge in [-0.3, -0.25) is 4.99 Å². The highest BCUT2D eigenvalue weighted by molar-refractivity contribution is 14.0. The zero-order valence-electron chi connectivity index (χ0n) is 13.6. The minimum atomic E-state index is 0. The Morgan fingerprint density at radius 1 is 1.52 bits per heavy atom. The monoisotopic (exact) mass is 488 g/mol. The first-order chi connectivity index (χ1) is 9.29. The topological polar surface area (TPSA) is 32.6 Å². The van der Waals surface area contributed by atoms with Gasteiger partial charge in [-0.2, -0.15) is 11.8 Å². The van der Waals surface area contributed by atoms with Crippen LogP contribution in [0.25, 0.3) is 0 Å². The van der Waals surface area contributed by atoms with E-state index in [0.29, 0.717) is 0 Å². The second kappa shape index (κ2) is 9.29. The molecule has 0 aromatic carbocycles. The van der Waals surface area contributed by atoms with Crippen LogP contribution in [0.15, 0.2) is 21.7 Å². The van der Waals surface area contributed by atoms with Gasteiger partial charge in [-0.25, -0.2) is 0 Å². The summed E-state index contributed by atoms with van der Waals surface area (Å²) in [5.74, 6) is 0.921. The summed E-state index contributed by atoms with van der Waals surface area (Å²) in [6.07, 6.45) is 4.20. The van der Waals surface area contributed by atoms with E-state index in [9.17, 15) is 0 Å². The third-order valence-electron chi connectivity index (χ3n) is 3.27. The number of hydrogen-bond donors (Lipinski definition) is 1. The van der Waals surface area contributed by atoms with Crippen molar-refractivity contribution in [2.75, 3.05) is 26.9 Å². The fourth-order valence-corrected chi connectivity index (χ4v) is 2.58. The Labute approximate surface area is 158 Å². The first kappa shape index (κ1) is 21.1. The smallest absolute Gasteiger partial charge is 0.193 e. The van der Waals surface area contributed by atoms with Crippen molar-refractivity contribution < 1.29 is 0 Å². The van der Waals surface area contributed by atoms with E-state index in [1.807, 2.05) is 18.8 Å². The third kappa shape index (κ3) is 6.81. The lowest BCUT2D eigenvalue weighted by atomic mass is 10.2. The van der Waals surface area contributed by atoms with E-state index in [2.05, 4.69) is 82.2 Å². The number of aliphatic imine (C=N–C) groups is 1. The fraction of sp³-hybridized carbons (Fsp3) is 0.643. The van der Waals surface area contributed by atoms with E-state index in [4.69, 9.17) is 0 Å². The van der Waals surface area contributed by atoms with Crippen LogP contribution in [0.5, 0.6) is 0 Å². The van der Waals surface area contributed by atoms with Gasteiger partial charge in [0.15, 0.2) is 5.96 Å². The molecule has 0 aliphatic rings. The second-order valence-electron chi connectivity index (χ2n) is 5.48. The van der Waals surface area contributed by atoms with E-state index in [0.717, 1.165) is 23.5 Å². The van der Waals surface area contributed by atoms with E-state index in [1.54, 1.807) is 0 Å². The Balaban J connectivity index is 0.00000400. The molecule has 4 nitrogen and oxygen atoms in total. The highest BCUT2D eigenvalue weighted by Crippen LogP contribution is 2.19. The minimum absolute atomic E-state index is 0. The van der Waals surface area contributed by atoms with Crippen LogP contribution in [0.3, 0.4) is 0 Å². The summed E-state index contributed by atoms with van der Waals surface area (Å²) in [4.78, 5) is 6.50. The maximum absolute atomic E-state index is 4.36. The number of rotatable bonds is 5. The van der Waals surface area contributed by atoms with Crippen molar-refractivity contribution in [1.29, 1.82) is 0 Å². The van der Waals surface area contributed by atoms with Gasteiger partial charge in [-0.15, -0.1) is 24.0 Å². The predicted molar refractivity (Wildman–Crippen MR) is 109 cm³/mol. The van der Waals surface area contributed by atoms with Crippen molar-refractivity contribution in [1.82, 2.24) is 14.8 Å². The first-order valence-corrected chi connectivity index (χ1v) is 8.58. The van der Waals surface area contributed by atoms with Gasteiger partial charge in [0.25, 0.3) is 0 Å². The lowest BCUT2D eigenvalue weighted by Gasteiger charge is -2.27. The van der Waals surface area contributed by atoms with Crippen molar-refractivity contribution in [3.05, 3.63) is 22.4 Å². The first-order valence-electron chi connectivity index (χ1n) is 6.56. The standard InChI is InChI=1S/C14H25BrN4S.HI/c1-14(2,20-6)10-17-13(16-3)19(5)9-12-7-11(15)8-18(12)4;/h7-8H,9-10H2,1-6H3,(H,16,17);1H. The highest BCUT2D eigenvalue weighted by Gasteiger charge is 2.17. The molecule has 0 unspecified atom stereocenters. The molecular weight excluding hydrogens is 463 g/mol. The number of halogens is 2. The van der Waals surface area contributed by atoms with Gasteiger partial charge in [0.1, 0.15) is 0 Å². The average Bonchev–Trinajstić information content (AvgIpc) is 2.68. The predicted octanol–water partition coefficient (Wildman–Crippen LogP) is 3.55. The summed E-state index contributed by atoms with van der Waals surface area (Å²) < 4.78 is 3.43. The normalized spacial score (nSPS) is 12.0. The molecule has 0 aliphatic heterocycles. The van der Waals surface area contributed by atoms with Crippen LogP contribution in [0.4, 0.5) is 0 Å². The molecule has 0 saturated heterocycles. The fourth-order valence-electron chi connectivity index (χ4n) is 1.79. The molecule has 1 heterocycles. The van der Waals surface area contributed by atoms with Crippen LogP contribution in [0.1, 0.15) is 19.5 Å². The second-order valence-corrected chi connectivity index (χ2v) is 7.91. The molecule has 1 rings (SSSR count). The lowest BCUT2D eigenvalue weighted by Crippen LogP contribution is -2.44. The zero-order valence-corrected chi connectivity index (χ0v) is 18.3. The van der Waals surface area contributed by atoms with Crippen LogP contribution in [-0.2, 0) is 13.6 Å². The molecule has 0 fully saturated rings. The molecule has 0 atom stereocenters. The summed E-state index contributed by atoms with van der Waals surface area (Å²) >= 11 is 5.36. The Morgan fingerprint density at radius 3 is 2.57 bits per heavy atom. The van der Waals surface area contributed by atoms with E-state index < -0.39 is 0 Å². The molecule has 0 amide bonds.